The van der Waals surface area contributed by atoms with Crippen molar-refractivity contribution in [2.24, 2.45) is 0 Å². The predicted octanol–water partition coefficient (Wildman–Crippen LogP) is 2.70. The van der Waals surface area contributed by atoms with Crippen molar-refractivity contribution >= 4 is 15.6 Å². The molecule has 3 rings (SSSR count). The summed E-state index contributed by atoms with van der Waals surface area (Å²) in [6, 6.07) is 14.4. The minimum atomic E-state index is -3.22. The van der Waals surface area contributed by atoms with E-state index < -0.39 is 9.84 Å². The van der Waals surface area contributed by atoms with Crippen molar-refractivity contribution in [1.82, 2.24) is 4.90 Å². The lowest BCUT2D eigenvalue weighted by molar-refractivity contribution is 0.0910. The highest BCUT2D eigenvalue weighted by atomic mass is 32.2. The SMILES string of the molecule is COc1ccc(C(=O)CN(Cc2ccccc2)[C@@H]2C=CS(=O)(=O)C2)cc1OC. The maximum atomic E-state index is 12.9. The minimum absolute atomic E-state index is 0.0148. The molecule has 0 radical (unpaired) electrons. The van der Waals surface area contributed by atoms with Crippen LogP contribution in [0.25, 0.3) is 0 Å². The molecule has 1 aliphatic heterocycles. The Kier molecular flexibility index (Phi) is 6.16. The van der Waals surface area contributed by atoms with Crippen molar-refractivity contribution in [2.75, 3.05) is 26.5 Å². The van der Waals surface area contributed by atoms with E-state index in [1.165, 1.54) is 19.6 Å². The van der Waals surface area contributed by atoms with E-state index in [1.54, 1.807) is 24.3 Å². The van der Waals surface area contributed by atoms with Gasteiger partial charge in [0.15, 0.2) is 27.1 Å². The van der Waals surface area contributed by atoms with Crippen LogP contribution in [0.3, 0.4) is 0 Å². The average molecular weight is 401 g/mol. The van der Waals surface area contributed by atoms with Gasteiger partial charge in [0.2, 0.25) is 0 Å². The maximum Gasteiger partial charge on any atom is 0.176 e. The second-order valence-corrected chi connectivity index (χ2v) is 8.54. The number of methoxy groups -OCH3 is 2. The molecule has 0 aliphatic carbocycles. The van der Waals surface area contributed by atoms with Gasteiger partial charge >= 0.3 is 0 Å². The fourth-order valence-electron chi connectivity index (χ4n) is 3.18. The zero-order chi connectivity index (χ0) is 20.1. The quantitative estimate of drug-likeness (QED) is 0.634. The van der Waals surface area contributed by atoms with Gasteiger partial charge in [-0.3, -0.25) is 9.69 Å². The molecule has 0 bridgehead atoms. The smallest absolute Gasteiger partial charge is 0.176 e. The summed E-state index contributed by atoms with van der Waals surface area (Å²) in [5, 5.41) is 1.23. The summed E-state index contributed by atoms with van der Waals surface area (Å²) in [4.78, 5) is 14.8. The molecule has 2 aromatic rings. The Morgan fingerprint density at radius 2 is 1.79 bits per heavy atom. The second kappa shape index (κ2) is 8.58. The molecule has 1 aliphatic rings. The van der Waals surface area contributed by atoms with Crippen LogP contribution in [0.1, 0.15) is 15.9 Å². The maximum absolute atomic E-state index is 12.9. The summed E-state index contributed by atoms with van der Waals surface area (Å²) in [7, 11) is -0.172. The van der Waals surface area contributed by atoms with Gasteiger partial charge in [-0.05, 0) is 23.8 Å². The molecule has 1 atom stereocenters. The van der Waals surface area contributed by atoms with Crippen LogP contribution in [0.5, 0.6) is 11.5 Å². The van der Waals surface area contributed by atoms with Crippen LogP contribution >= 0.6 is 0 Å². The van der Waals surface area contributed by atoms with Crippen LogP contribution in [-0.2, 0) is 16.4 Å². The number of Topliss-reactive ketones (excluding diaryl/α,β-unsaturated/α-hetero) is 1. The van der Waals surface area contributed by atoms with E-state index >= 15 is 0 Å². The summed E-state index contributed by atoms with van der Waals surface area (Å²) >= 11 is 0. The topological polar surface area (TPSA) is 72.9 Å². The third kappa shape index (κ3) is 4.79. The molecule has 1 heterocycles. The number of ether oxygens (including phenoxy) is 2. The minimum Gasteiger partial charge on any atom is -0.493 e. The summed E-state index contributed by atoms with van der Waals surface area (Å²) in [6.07, 6.45) is 1.65. The number of ketones is 1. The average Bonchev–Trinajstić information content (AvgIpc) is 3.07. The summed E-state index contributed by atoms with van der Waals surface area (Å²) < 4.78 is 34.2. The van der Waals surface area contributed by atoms with Crippen LogP contribution in [0.2, 0.25) is 0 Å². The monoisotopic (exact) mass is 401 g/mol. The molecule has 0 unspecified atom stereocenters. The van der Waals surface area contributed by atoms with Crippen molar-refractivity contribution < 1.29 is 22.7 Å². The van der Waals surface area contributed by atoms with Crippen molar-refractivity contribution in [3.63, 3.8) is 0 Å². The first-order chi connectivity index (χ1) is 13.4. The lowest BCUT2D eigenvalue weighted by Gasteiger charge is -2.26. The standard InChI is InChI=1S/C21H23NO5S/c1-26-20-9-8-17(12-21(20)27-2)19(23)14-22(13-16-6-4-3-5-7-16)18-10-11-28(24,25)15-18/h3-12,18H,13-15H2,1-2H3/t18-/m1/s1. The van der Waals surface area contributed by atoms with Gasteiger partial charge in [-0.2, -0.15) is 0 Å². The van der Waals surface area contributed by atoms with Crippen molar-refractivity contribution in [1.29, 1.82) is 0 Å². The van der Waals surface area contributed by atoms with Gasteiger partial charge < -0.3 is 9.47 Å². The molecule has 0 amide bonds. The summed E-state index contributed by atoms with van der Waals surface area (Å²) in [5.74, 6) is 0.893. The van der Waals surface area contributed by atoms with Gasteiger partial charge in [0.25, 0.3) is 0 Å². The van der Waals surface area contributed by atoms with E-state index in [0.29, 0.717) is 23.6 Å². The molecule has 0 fully saturated rings. The Morgan fingerprint density at radius 3 is 2.39 bits per heavy atom. The fourth-order valence-corrected chi connectivity index (χ4v) is 4.51. The van der Waals surface area contributed by atoms with Crippen LogP contribution < -0.4 is 9.47 Å². The summed E-state index contributed by atoms with van der Waals surface area (Å²) in [6.45, 7) is 0.569. The first-order valence-electron chi connectivity index (χ1n) is 8.86. The van der Waals surface area contributed by atoms with E-state index in [9.17, 15) is 13.2 Å². The Bertz CT molecular complexity index is 970. The van der Waals surface area contributed by atoms with Crippen molar-refractivity contribution in [3.8, 4) is 11.5 Å². The zero-order valence-corrected chi connectivity index (χ0v) is 16.7. The Hall–Kier alpha value is -2.64. The number of carbonyl (C=O) groups excluding carboxylic acids is 1. The summed E-state index contributed by atoms with van der Waals surface area (Å²) in [5.41, 5.74) is 1.50. The fraction of sp³-hybridized carbons (Fsp3) is 0.286. The number of hydrogen-bond donors (Lipinski definition) is 0. The number of nitrogens with zero attached hydrogens (tertiary/aromatic N) is 1. The molecule has 0 saturated heterocycles. The molecular formula is C21H23NO5S. The van der Waals surface area contributed by atoms with Crippen LogP contribution in [0.15, 0.2) is 60.0 Å². The van der Waals surface area contributed by atoms with Crippen LogP contribution in [0.4, 0.5) is 0 Å². The Balaban J connectivity index is 1.82. The molecule has 0 saturated carbocycles. The number of hydrogen-bond acceptors (Lipinski definition) is 6. The lowest BCUT2D eigenvalue weighted by atomic mass is 10.1. The van der Waals surface area contributed by atoms with Gasteiger partial charge in [0, 0.05) is 23.6 Å². The van der Waals surface area contributed by atoms with Gasteiger partial charge in [0.05, 0.1) is 26.5 Å². The molecule has 2 aromatic carbocycles. The van der Waals surface area contributed by atoms with E-state index in [4.69, 9.17) is 9.47 Å². The van der Waals surface area contributed by atoms with Crippen molar-refractivity contribution in [2.45, 2.75) is 12.6 Å². The first-order valence-corrected chi connectivity index (χ1v) is 10.6. The largest absolute Gasteiger partial charge is 0.493 e. The third-order valence-electron chi connectivity index (χ3n) is 4.66. The molecule has 0 N–H and O–H groups in total. The Labute approximate surface area is 165 Å². The molecule has 148 valence electrons. The van der Waals surface area contributed by atoms with E-state index in [1.807, 2.05) is 35.2 Å². The Morgan fingerprint density at radius 1 is 1.07 bits per heavy atom. The van der Waals surface area contributed by atoms with Gasteiger partial charge in [-0.15, -0.1) is 0 Å². The predicted molar refractivity (Wildman–Crippen MR) is 107 cm³/mol. The van der Waals surface area contributed by atoms with Crippen LogP contribution in [-0.4, -0.2) is 51.7 Å². The molecule has 6 nitrogen and oxygen atoms in total. The second-order valence-electron chi connectivity index (χ2n) is 6.61. The molecule has 7 heteroatoms. The highest BCUT2D eigenvalue weighted by Gasteiger charge is 2.29. The first kappa shape index (κ1) is 20.1. The van der Waals surface area contributed by atoms with E-state index in [-0.39, 0.29) is 24.1 Å². The molecule has 28 heavy (non-hydrogen) atoms. The van der Waals surface area contributed by atoms with E-state index in [0.717, 1.165) is 5.56 Å². The third-order valence-corrected chi connectivity index (χ3v) is 6.04. The van der Waals surface area contributed by atoms with Crippen LogP contribution in [0, 0.1) is 0 Å². The van der Waals surface area contributed by atoms with Gasteiger partial charge in [-0.1, -0.05) is 36.4 Å². The number of sulfone groups is 1. The number of benzene rings is 2. The number of carbonyl (C=O) groups is 1. The highest BCUT2D eigenvalue weighted by molar-refractivity contribution is 7.94. The van der Waals surface area contributed by atoms with Gasteiger partial charge in [-0.25, -0.2) is 8.42 Å². The highest BCUT2D eigenvalue weighted by Crippen LogP contribution is 2.28. The van der Waals surface area contributed by atoms with Gasteiger partial charge in [0.1, 0.15) is 0 Å². The number of rotatable bonds is 8. The van der Waals surface area contributed by atoms with E-state index in [2.05, 4.69) is 0 Å². The molecule has 0 spiro atoms. The zero-order valence-electron chi connectivity index (χ0n) is 15.9. The lowest BCUT2D eigenvalue weighted by Crippen LogP contribution is -2.39. The molecule has 0 aromatic heterocycles. The normalized spacial score (nSPS) is 17.6. The molecular weight excluding hydrogens is 378 g/mol. The van der Waals surface area contributed by atoms with Crippen molar-refractivity contribution in [3.05, 3.63) is 71.1 Å².